The third-order valence-corrected chi connectivity index (χ3v) is 7.46. The molecule has 1 aliphatic rings. The van der Waals surface area contributed by atoms with Crippen molar-refractivity contribution in [1.29, 1.82) is 0 Å². The second kappa shape index (κ2) is 12.2. The zero-order chi connectivity index (χ0) is 27.2. The Morgan fingerprint density at radius 1 is 0.974 bits per heavy atom. The van der Waals surface area contributed by atoms with E-state index < -0.39 is 18.7 Å². The first-order chi connectivity index (χ1) is 18.2. The highest BCUT2D eigenvalue weighted by Gasteiger charge is 2.40. The summed E-state index contributed by atoms with van der Waals surface area (Å²) in [4.78, 5) is 40.3. The smallest absolute Gasteiger partial charge is 0.415 e. The largest absolute Gasteiger partial charge is 0.481 e. The monoisotopic (exact) mass is 533 g/mol. The first-order valence-corrected chi connectivity index (χ1v) is 13.6. The maximum absolute atomic E-state index is 13.6. The zero-order valence-corrected chi connectivity index (χ0v) is 22.5. The Hall–Kier alpha value is -3.78. The number of rotatable bonds is 9. The van der Waals surface area contributed by atoms with Gasteiger partial charge in [-0.25, -0.2) is 9.59 Å². The second-order valence-corrected chi connectivity index (χ2v) is 10.4. The fourth-order valence-corrected chi connectivity index (χ4v) is 5.38. The maximum Gasteiger partial charge on any atom is 0.415 e. The minimum atomic E-state index is -1.03. The standard InChI is InChI=1S/C30H31NO6S/c1-19-13-21(14-20(2)29(19)36-18-27(32)33)15-23-16-31(30(35)37-24-7-5-4-6-8-24)17-26(23)28(34)22-9-11-25(38-3)12-10-22/h4-14,23,26H,15-18H2,1-3H3,(H,32,33)/t23-,26-/m0/s1. The van der Waals surface area contributed by atoms with Crippen molar-refractivity contribution in [1.82, 2.24) is 4.90 Å². The van der Waals surface area contributed by atoms with Gasteiger partial charge >= 0.3 is 12.1 Å². The van der Waals surface area contributed by atoms with Crippen LogP contribution in [0.4, 0.5) is 4.79 Å². The number of ether oxygens (including phenoxy) is 2. The van der Waals surface area contributed by atoms with Gasteiger partial charge in [-0.05, 0) is 73.4 Å². The van der Waals surface area contributed by atoms with Crippen LogP contribution in [-0.4, -0.2) is 53.8 Å². The molecule has 1 fully saturated rings. The molecule has 0 aromatic heterocycles. The highest BCUT2D eigenvalue weighted by Crippen LogP contribution is 2.33. The Labute approximate surface area is 226 Å². The van der Waals surface area contributed by atoms with E-state index in [1.54, 1.807) is 40.9 Å². The summed E-state index contributed by atoms with van der Waals surface area (Å²) in [5.41, 5.74) is 3.28. The van der Waals surface area contributed by atoms with Crippen LogP contribution in [0, 0.1) is 25.7 Å². The summed E-state index contributed by atoms with van der Waals surface area (Å²) in [6.07, 6.45) is 2.09. The number of thioether (sulfide) groups is 1. The van der Waals surface area contributed by atoms with Crippen LogP contribution in [0.1, 0.15) is 27.0 Å². The molecular weight excluding hydrogens is 502 g/mol. The Balaban J connectivity index is 1.57. The van der Waals surface area contributed by atoms with Crippen LogP contribution >= 0.6 is 11.8 Å². The fourth-order valence-electron chi connectivity index (χ4n) is 4.97. The molecule has 198 valence electrons. The molecule has 2 atom stereocenters. The predicted molar refractivity (Wildman–Crippen MR) is 146 cm³/mol. The second-order valence-electron chi connectivity index (χ2n) is 9.49. The van der Waals surface area contributed by atoms with Gasteiger partial charge in [0, 0.05) is 29.5 Å². The molecule has 1 N–H and O–H groups in total. The van der Waals surface area contributed by atoms with Crippen molar-refractivity contribution < 1.29 is 29.0 Å². The van der Waals surface area contributed by atoms with E-state index in [4.69, 9.17) is 14.6 Å². The van der Waals surface area contributed by atoms with Gasteiger partial charge in [-0.1, -0.05) is 42.5 Å². The van der Waals surface area contributed by atoms with Crippen molar-refractivity contribution >= 4 is 29.6 Å². The topological polar surface area (TPSA) is 93.1 Å². The lowest BCUT2D eigenvalue weighted by Crippen LogP contribution is -2.32. The number of carbonyl (C=O) groups excluding carboxylic acids is 2. The number of carboxylic acids is 1. The van der Waals surface area contributed by atoms with E-state index in [2.05, 4.69) is 0 Å². The van der Waals surface area contributed by atoms with Crippen molar-refractivity contribution in [3.63, 3.8) is 0 Å². The summed E-state index contributed by atoms with van der Waals surface area (Å²) in [6, 6.07) is 20.4. The van der Waals surface area contributed by atoms with Crippen LogP contribution in [0.3, 0.4) is 0 Å². The molecule has 1 aliphatic heterocycles. The number of Topliss-reactive ketones (excluding diaryl/α,β-unsaturated/α-hetero) is 1. The van der Waals surface area contributed by atoms with Gasteiger partial charge < -0.3 is 19.5 Å². The number of hydrogen-bond donors (Lipinski definition) is 1. The van der Waals surface area contributed by atoms with Gasteiger partial charge in [0.15, 0.2) is 12.4 Å². The van der Waals surface area contributed by atoms with E-state index >= 15 is 0 Å². The number of aryl methyl sites for hydroxylation is 2. The van der Waals surface area contributed by atoms with Crippen LogP contribution in [0.5, 0.6) is 11.5 Å². The number of likely N-dealkylation sites (tertiary alicyclic amines) is 1. The van der Waals surface area contributed by atoms with Gasteiger partial charge in [0.2, 0.25) is 0 Å². The molecule has 4 rings (SSSR count). The molecule has 7 nitrogen and oxygen atoms in total. The van der Waals surface area contributed by atoms with E-state index in [-0.39, 0.29) is 24.2 Å². The summed E-state index contributed by atoms with van der Waals surface area (Å²) in [5, 5.41) is 8.97. The number of ketones is 1. The molecule has 38 heavy (non-hydrogen) atoms. The van der Waals surface area contributed by atoms with Crippen LogP contribution in [0.25, 0.3) is 0 Å². The molecule has 0 bridgehead atoms. The molecule has 3 aromatic rings. The fraction of sp³-hybridized carbons (Fsp3) is 0.300. The zero-order valence-electron chi connectivity index (χ0n) is 21.7. The predicted octanol–water partition coefficient (Wildman–Crippen LogP) is 5.66. The van der Waals surface area contributed by atoms with Crippen LogP contribution in [0.15, 0.2) is 71.6 Å². The lowest BCUT2D eigenvalue weighted by molar-refractivity contribution is -0.139. The summed E-state index contributed by atoms with van der Waals surface area (Å²) < 4.78 is 11.0. The van der Waals surface area contributed by atoms with E-state index in [9.17, 15) is 14.4 Å². The van der Waals surface area contributed by atoms with Crippen LogP contribution < -0.4 is 9.47 Å². The van der Waals surface area contributed by atoms with Gasteiger partial charge in [0.1, 0.15) is 11.5 Å². The number of benzene rings is 3. The Morgan fingerprint density at radius 3 is 2.24 bits per heavy atom. The summed E-state index contributed by atoms with van der Waals surface area (Å²) in [5.74, 6) is -0.518. The highest BCUT2D eigenvalue weighted by atomic mass is 32.2. The number of carbonyl (C=O) groups is 3. The van der Waals surface area contributed by atoms with Gasteiger partial charge in [0.05, 0.1) is 0 Å². The first kappa shape index (κ1) is 27.3. The van der Waals surface area contributed by atoms with Crippen LogP contribution in [-0.2, 0) is 11.2 Å². The number of nitrogens with zero attached hydrogens (tertiary/aromatic N) is 1. The summed E-state index contributed by atoms with van der Waals surface area (Å²) in [7, 11) is 0. The molecular formula is C30H31NO6S. The number of aliphatic carboxylic acids is 1. The maximum atomic E-state index is 13.6. The normalized spacial score (nSPS) is 16.8. The quantitative estimate of drug-likeness (QED) is 0.280. The third-order valence-electron chi connectivity index (χ3n) is 6.72. The minimum absolute atomic E-state index is 0.00696. The van der Waals surface area contributed by atoms with Gasteiger partial charge in [0.25, 0.3) is 0 Å². The number of carboxylic acid groups (broad SMARTS) is 1. The summed E-state index contributed by atoms with van der Waals surface area (Å²) >= 11 is 1.61. The molecule has 1 saturated heterocycles. The van der Waals surface area contributed by atoms with Crippen molar-refractivity contribution in [2.45, 2.75) is 25.2 Å². The van der Waals surface area contributed by atoms with E-state index in [1.807, 2.05) is 62.6 Å². The van der Waals surface area contributed by atoms with E-state index in [0.29, 0.717) is 30.0 Å². The number of amides is 1. The SMILES string of the molecule is CSc1ccc(C(=O)[C@H]2CN(C(=O)Oc3ccccc3)C[C@@H]2Cc2cc(C)c(OCC(=O)O)c(C)c2)cc1. The Morgan fingerprint density at radius 2 is 1.63 bits per heavy atom. The third kappa shape index (κ3) is 6.55. The average Bonchev–Trinajstić information content (AvgIpc) is 3.32. The average molecular weight is 534 g/mol. The van der Waals surface area contributed by atoms with Gasteiger partial charge in [-0.3, -0.25) is 4.79 Å². The van der Waals surface area contributed by atoms with Gasteiger partial charge in [-0.2, -0.15) is 0 Å². The lowest BCUT2D eigenvalue weighted by Gasteiger charge is -2.19. The molecule has 0 unspecified atom stereocenters. The first-order valence-electron chi connectivity index (χ1n) is 12.4. The minimum Gasteiger partial charge on any atom is -0.481 e. The highest BCUT2D eigenvalue weighted by molar-refractivity contribution is 7.98. The summed E-state index contributed by atoms with van der Waals surface area (Å²) in [6.45, 7) is 4.01. The molecule has 1 heterocycles. The van der Waals surface area contributed by atoms with Crippen molar-refractivity contribution in [2.75, 3.05) is 26.0 Å². The Kier molecular flexibility index (Phi) is 8.73. The van der Waals surface area contributed by atoms with Crippen molar-refractivity contribution in [2.24, 2.45) is 11.8 Å². The molecule has 0 radical (unpaired) electrons. The van der Waals surface area contributed by atoms with E-state index in [1.165, 1.54) is 0 Å². The van der Waals surface area contributed by atoms with Crippen LogP contribution in [0.2, 0.25) is 0 Å². The van der Waals surface area contributed by atoms with Gasteiger partial charge in [-0.15, -0.1) is 11.8 Å². The number of para-hydroxylation sites is 1. The molecule has 0 saturated carbocycles. The molecule has 3 aromatic carbocycles. The molecule has 1 amide bonds. The van der Waals surface area contributed by atoms with Crippen molar-refractivity contribution in [3.8, 4) is 11.5 Å². The Bertz CT molecular complexity index is 1290. The van der Waals surface area contributed by atoms with E-state index in [0.717, 1.165) is 21.6 Å². The molecule has 0 aliphatic carbocycles. The lowest BCUT2D eigenvalue weighted by atomic mass is 9.84. The van der Waals surface area contributed by atoms with Crippen molar-refractivity contribution in [3.05, 3.63) is 89.0 Å². The molecule has 8 heteroatoms. The molecule has 0 spiro atoms. The number of hydrogen-bond acceptors (Lipinski definition) is 6.